The highest BCUT2D eigenvalue weighted by Crippen LogP contribution is 2.43. The summed E-state index contributed by atoms with van der Waals surface area (Å²) >= 11 is 0. The van der Waals surface area contributed by atoms with Gasteiger partial charge in [0.2, 0.25) is 0 Å². The maximum absolute atomic E-state index is 12.9. The Morgan fingerprint density at radius 1 is 0.360 bits per heavy atom. The van der Waals surface area contributed by atoms with Gasteiger partial charge in [-0.05, 0) is 70.6 Å². The number of ether oxygens (including phenoxy) is 2. The summed E-state index contributed by atoms with van der Waals surface area (Å²) in [5, 5.41) is 0. The van der Waals surface area contributed by atoms with E-state index in [1.807, 2.05) is 21.1 Å². The molecule has 0 radical (unpaired) electrons. The minimum atomic E-state index is -4.39. The minimum absolute atomic E-state index is 0.0336. The Morgan fingerprint density at radius 3 is 0.930 bits per heavy atom. The standard InChI is InChI=1S/C76H146NO8P/c1-6-8-10-12-14-16-18-20-22-24-26-28-30-31-32-33-34-35-36-37-38-39-40-41-42-43-44-45-47-48-50-52-54-56-58-60-62-64-66-68-75(78)82-72-74(73-84-86(80,81)83-71-70-77(3,4)5)85-76(79)69-67-65-63-61-59-57-55-53-51-49-46-29-27-25-23-21-19-17-15-13-11-9-7-2/h19,21,24-27,74H,6-18,20,22-23,28-73H2,1-5H3/p+1/b21-19-,26-24-,27-25-. The number of carbonyl (C=O) groups is 2. The molecule has 0 saturated heterocycles. The first-order valence-electron chi connectivity index (χ1n) is 37.7. The fraction of sp³-hybridized carbons (Fsp3) is 0.895. The predicted molar refractivity (Wildman–Crippen MR) is 372 cm³/mol. The average Bonchev–Trinajstić information content (AvgIpc) is 3.56. The molecule has 0 aromatic rings. The summed E-state index contributed by atoms with van der Waals surface area (Å²) in [4.78, 5) is 35.9. The van der Waals surface area contributed by atoms with Crippen LogP contribution in [-0.4, -0.2) is 74.9 Å². The minimum Gasteiger partial charge on any atom is -0.462 e. The summed E-state index contributed by atoms with van der Waals surface area (Å²) in [6.07, 6.45) is 87.1. The van der Waals surface area contributed by atoms with Crippen LogP contribution in [0.1, 0.15) is 386 Å². The fourth-order valence-corrected chi connectivity index (χ4v) is 12.1. The molecule has 0 fully saturated rings. The van der Waals surface area contributed by atoms with Gasteiger partial charge < -0.3 is 18.9 Å². The Bertz CT molecular complexity index is 1540. The molecule has 0 aliphatic heterocycles. The number of carbonyl (C=O) groups excluding carboxylic acids is 2. The first-order chi connectivity index (χ1) is 42.0. The number of allylic oxidation sites excluding steroid dienone is 6. The van der Waals surface area contributed by atoms with Crippen molar-refractivity contribution >= 4 is 19.8 Å². The Hall–Kier alpha value is -1.77. The van der Waals surface area contributed by atoms with Crippen LogP contribution >= 0.6 is 7.82 Å². The van der Waals surface area contributed by atoms with Crippen molar-refractivity contribution in [1.82, 2.24) is 0 Å². The normalized spacial score (nSPS) is 13.2. The molecule has 508 valence electrons. The molecule has 0 saturated carbocycles. The zero-order valence-corrected chi connectivity index (χ0v) is 59.0. The summed E-state index contributed by atoms with van der Waals surface area (Å²) < 4.78 is 34.8. The van der Waals surface area contributed by atoms with Gasteiger partial charge in [-0.25, -0.2) is 4.57 Å². The molecule has 0 bridgehead atoms. The number of likely N-dealkylation sites (N-methyl/N-ethyl adjacent to an activating group) is 1. The van der Waals surface area contributed by atoms with Crippen LogP contribution in [0.3, 0.4) is 0 Å². The third-order valence-corrected chi connectivity index (χ3v) is 18.1. The van der Waals surface area contributed by atoms with E-state index in [4.69, 9.17) is 18.5 Å². The summed E-state index contributed by atoms with van der Waals surface area (Å²) in [5.41, 5.74) is 0. The average molecular weight is 1230 g/mol. The third-order valence-electron chi connectivity index (χ3n) is 17.1. The highest BCUT2D eigenvalue weighted by molar-refractivity contribution is 7.47. The van der Waals surface area contributed by atoms with Crippen LogP contribution in [0.5, 0.6) is 0 Å². The molecule has 0 aliphatic rings. The van der Waals surface area contributed by atoms with Crippen LogP contribution < -0.4 is 0 Å². The smallest absolute Gasteiger partial charge is 0.462 e. The van der Waals surface area contributed by atoms with Gasteiger partial charge in [0.1, 0.15) is 19.8 Å². The molecular weight excluding hydrogens is 1090 g/mol. The molecule has 1 N–H and O–H groups in total. The molecule has 0 amide bonds. The number of rotatable bonds is 71. The molecule has 0 spiro atoms. The third kappa shape index (κ3) is 71.3. The summed E-state index contributed by atoms with van der Waals surface area (Å²) in [6.45, 7) is 4.49. The van der Waals surface area contributed by atoms with E-state index in [0.717, 1.165) is 38.5 Å². The van der Waals surface area contributed by atoms with Gasteiger partial charge in [0.05, 0.1) is 27.7 Å². The quantitative estimate of drug-likeness (QED) is 0.0211. The summed E-state index contributed by atoms with van der Waals surface area (Å²) in [5.74, 6) is -0.779. The van der Waals surface area contributed by atoms with E-state index in [1.54, 1.807) is 0 Å². The molecule has 0 aromatic heterocycles. The lowest BCUT2D eigenvalue weighted by atomic mass is 10.0. The second-order valence-corrected chi connectivity index (χ2v) is 28.5. The van der Waals surface area contributed by atoms with Gasteiger partial charge in [-0.2, -0.15) is 0 Å². The number of phosphoric acid groups is 1. The molecule has 0 aromatic carbocycles. The topological polar surface area (TPSA) is 108 Å². The van der Waals surface area contributed by atoms with Gasteiger partial charge in [0.25, 0.3) is 0 Å². The van der Waals surface area contributed by atoms with Gasteiger partial charge in [-0.1, -0.05) is 339 Å². The number of unbranched alkanes of at least 4 members (excludes halogenated alkanes) is 51. The van der Waals surface area contributed by atoms with Crippen molar-refractivity contribution in [3.05, 3.63) is 36.5 Å². The molecular formula is C76H147NO8P+. The molecule has 2 unspecified atom stereocenters. The number of hydrogen-bond donors (Lipinski definition) is 1. The second-order valence-electron chi connectivity index (χ2n) is 27.0. The first-order valence-corrected chi connectivity index (χ1v) is 39.2. The SMILES string of the molecule is CCCCCCC/C=C\C/C=C\CCCCCCCCCCCCCC(=O)OC(COC(=O)CCCCCCCCCCCCCCCCCCCCCCCCCCCCC/C=C\CCCCCCCCCC)COP(=O)(O)OCC[N+](C)(C)C. The number of quaternary nitrogens is 1. The molecule has 0 heterocycles. The number of hydrogen-bond acceptors (Lipinski definition) is 7. The van der Waals surface area contributed by atoms with E-state index < -0.39 is 26.5 Å². The molecule has 0 rings (SSSR count). The van der Waals surface area contributed by atoms with Gasteiger partial charge in [-0.3, -0.25) is 18.6 Å². The van der Waals surface area contributed by atoms with Crippen molar-refractivity contribution in [2.75, 3.05) is 47.5 Å². The number of phosphoric ester groups is 1. The van der Waals surface area contributed by atoms with Crippen molar-refractivity contribution in [3.8, 4) is 0 Å². The van der Waals surface area contributed by atoms with Gasteiger partial charge in [-0.15, -0.1) is 0 Å². The van der Waals surface area contributed by atoms with E-state index in [1.165, 1.54) is 315 Å². The monoisotopic (exact) mass is 1230 g/mol. The maximum atomic E-state index is 12.9. The molecule has 86 heavy (non-hydrogen) atoms. The van der Waals surface area contributed by atoms with E-state index in [2.05, 4.69) is 50.3 Å². The number of nitrogens with zero attached hydrogens (tertiary/aromatic N) is 1. The van der Waals surface area contributed by atoms with E-state index in [-0.39, 0.29) is 25.6 Å². The lowest BCUT2D eigenvalue weighted by Gasteiger charge is -2.24. The van der Waals surface area contributed by atoms with E-state index >= 15 is 0 Å². The van der Waals surface area contributed by atoms with Crippen LogP contribution in [0.4, 0.5) is 0 Å². The predicted octanol–water partition coefficient (Wildman–Crippen LogP) is 24.6. The van der Waals surface area contributed by atoms with Crippen molar-refractivity contribution in [3.63, 3.8) is 0 Å². The molecule has 10 heteroatoms. The molecule has 0 aliphatic carbocycles. The van der Waals surface area contributed by atoms with Crippen molar-refractivity contribution in [2.24, 2.45) is 0 Å². The van der Waals surface area contributed by atoms with Gasteiger partial charge in [0.15, 0.2) is 6.10 Å². The van der Waals surface area contributed by atoms with Crippen LogP contribution in [0.15, 0.2) is 36.5 Å². The Balaban J connectivity index is 3.89. The van der Waals surface area contributed by atoms with Crippen molar-refractivity contribution in [1.29, 1.82) is 0 Å². The zero-order chi connectivity index (χ0) is 62.6. The van der Waals surface area contributed by atoms with Crippen molar-refractivity contribution < 1.29 is 42.1 Å². The fourth-order valence-electron chi connectivity index (χ4n) is 11.3. The highest BCUT2D eigenvalue weighted by atomic mass is 31.2. The van der Waals surface area contributed by atoms with Gasteiger partial charge >= 0.3 is 19.8 Å². The van der Waals surface area contributed by atoms with E-state index in [9.17, 15) is 19.0 Å². The van der Waals surface area contributed by atoms with Crippen LogP contribution in [0.2, 0.25) is 0 Å². The van der Waals surface area contributed by atoms with Crippen LogP contribution in [0, 0.1) is 0 Å². The zero-order valence-electron chi connectivity index (χ0n) is 58.1. The Morgan fingerprint density at radius 2 is 0.628 bits per heavy atom. The maximum Gasteiger partial charge on any atom is 0.472 e. The lowest BCUT2D eigenvalue weighted by Crippen LogP contribution is -2.37. The summed E-state index contributed by atoms with van der Waals surface area (Å²) in [7, 11) is 1.49. The van der Waals surface area contributed by atoms with Crippen LogP contribution in [0.25, 0.3) is 0 Å². The number of esters is 2. The van der Waals surface area contributed by atoms with Crippen molar-refractivity contribution in [2.45, 2.75) is 392 Å². The highest BCUT2D eigenvalue weighted by Gasteiger charge is 2.27. The van der Waals surface area contributed by atoms with Gasteiger partial charge in [0, 0.05) is 12.8 Å². The first kappa shape index (κ1) is 84.2. The second kappa shape index (κ2) is 67.6. The molecule has 2 atom stereocenters. The van der Waals surface area contributed by atoms with Crippen LogP contribution in [-0.2, 0) is 32.7 Å². The van der Waals surface area contributed by atoms with E-state index in [0.29, 0.717) is 23.9 Å². The summed E-state index contributed by atoms with van der Waals surface area (Å²) in [6, 6.07) is 0. The lowest BCUT2D eigenvalue weighted by molar-refractivity contribution is -0.870. The largest absolute Gasteiger partial charge is 0.472 e. The Kier molecular flexibility index (Phi) is 66.2. The molecule has 9 nitrogen and oxygen atoms in total. The Labute approximate surface area is 535 Å².